The zero-order chi connectivity index (χ0) is 16.2. The van der Waals surface area contributed by atoms with Gasteiger partial charge in [0.1, 0.15) is 5.60 Å². The lowest BCUT2D eigenvalue weighted by atomic mass is 10.2. The van der Waals surface area contributed by atoms with Gasteiger partial charge in [-0.2, -0.15) is 5.10 Å². The molecule has 0 spiro atoms. The number of hydrogen-bond donors (Lipinski definition) is 1. The van der Waals surface area contributed by atoms with Crippen molar-refractivity contribution in [2.45, 2.75) is 26.4 Å². The summed E-state index contributed by atoms with van der Waals surface area (Å²) in [5.74, 6) is -0.848. The third kappa shape index (κ3) is 5.27. The summed E-state index contributed by atoms with van der Waals surface area (Å²) in [4.78, 5) is 21.2. The van der Waals surface area contributed by atoms with Crippen LogP contribution in [0.4, 0.5) is 10.5 Å². The Morgan fingerprint density at radius 2 is 2.10 bits per heavy atom. The van der Waals surface area contributed by atoms with E-state index in [1.54, 1.807) is 20.8 Å². The van der Waals surface area contributed by atoms with Gasteiger partial charge in [0.05, 0.1) is 11.1 Å². The number of hydrazone groups is 1. The highest BCUT2D eigenvalue weighted by Crippen LogP contribution is 2.29. The molecule has 1 rings (SSSR count). The molecule has 0 saturated heterocycles. The van der Waals surface area contributed by atoms with Gasteiger partial charge in [-0.05, 0) is 38.2 Å². The van der Waals surface area contributed by atoms with Crippen LogP contribution >= 0.6 is 11.6 Å². The van der Waals surface area contributed by atoms with E-state index in [2.05, 4.69) is 5.10 Å². The normalized spacial score (nSPS) is 11.4. The van der Waals surface area contributed by atoms with Crippen LogP contribution in [0.15, 0.2) is 17.2 Å². The molecule has 0 radical (unpaired) electrons. The number of benzene rings is 1. The van der Waals surface area contributed by atoms with Gasteiger partial charge in [0, 0.05) is 11.1 Å². The van der Waals surface area contributed by atoms with Crippen molar-refractivity contribution in [3.05, 3.63) is 32.8 Å². The molecule has 0 bridgehead atoms. The molecule has 1 N–H and O–H groups in total. The van der Waals surface area contributed by atoms with Crippen LogP contribution in [0.5, 0.6) is 5.75 Å². The highest BCUT2D eigenvalue weighted by Gasteiger charge is 2.15. The summed E-state index contributed by atoms with van der Waals surface area (Å²) in [6, 6.07) is 2.15. The first-order valence-corrected chi connectivity index (χ1v) is 6.15. The number of ether oxygens (including phenoxy) is 1. The number of amides is 1. The molecule has 0 fully saturated rings. The first-order chi connectivity index (χ1) is 9.60. The predicted molar refractivity (Wildman–Crippen MR) is 74.5 cm³/mol. The topological polar surface area (TPSA) is 117 Å². The van der Waals surface area contributed by atoms with E-state index in [0.717, 1.165) is 12.3 Å². The lowest BCUT2D eigenvalue weighted by Gasteiger charge is -2.18. The Kier molecular flexibility index (Phi) is 5.09. The average Bonchev–Trinajstić information content (AvgIpc) is 2.30. The van der Waals surface area contributed by atoms with Gasteiger partial charge in [-0.3, -0.25) is 10.1 Å². The smallest absolute Gasteiger partial charge is 0.428 e. The molecular formula is C12H13ClN3O5-. The van der Waals surface area contributed by atoms with Gasteiger partial charge in [0.25, 0.3) is 5.69 Å². The lowest BCUT2D eigenvalue weighted by Crippen LogP contribution is -2.29. The average molecular weight is 315 g/mol. The molecule has 0 aromatic heterocycles. The standard InChI is InChI=1S/C12H14ClN3O5/c1-12(2,3)21-11(18)15-14-6-7-4-8(13)5-9(10(7)17)16(19)20/h4-6,17H,1-3H3,(H,15,18)/p-1/b14-6-. The molecule has 0 unspecified atom stereocenters. The minimum atomic E-state index is -0.848. The van der Waals surface area contributed by atoms with Crippen molar-refractivity contribution in [1.82, 2.24) is 5.43 Å². The maximum absolute atomic E-state index is 11.7. The second kappa shape index (κ2) is 6.40. The fourth-order valence-corrected chi connectivity index (χ4v) is 1.51. The van der Waals surface area contributed by atoms with Crippen molar-refractivity contribution in [3.8, 4) is 5.75 Å². The molecule has 0 aliphatic heterocycles. The highest BCUT2D eigenvalue weighted by molar-refractivity contribution is 6.31. The summed E-state index contributed by atoms with van der Waals surface area (Å²) in [6.07, 6.45) is 0.147. The summed E-state index contributed by atoms with van der Waals surface area (Å²) < 4.78 is 4.92. The van der Waals surface area contributed by atoms with Crippen molar-refractivity contribution in [2.75, 3.05) is 0 Å². The molecule has 0 heterocycles. The summed E-state index contributed by atoms with van der Waals surface area (Å²) >= 11 is 5.68. The van der Waals surface area contributed by atoms with Gasteiger partial charge in [0.2, 0.25) is 0 Å². The van der Waals surface area contributed by atoms with Gasteiger partial charge in [-0.15, -0.1) is 0 Å². The number of rotatable bonds is 3. The maximum atomic E-state index is 11.7. The van der Waals surface area contributed by atoms with Gasteiger partial charge in [-0.1, -0.05) is 11.6 Å². The SMILES string of the molecule is CC(C)(C)OC(=O)N/N=C\c1cc(Cl)cc([N+](=O)[O-])c1[O-]. The molecular weight excluding hydrogens is 302 g/mol. The van der Waals surface area contributed by atoms with E-state index in [4.69, 9.17) is 16.3 Å². The van der Waals surface area contributed by atoms with Crippen LogP contribution in [-0.4, -0.2) is 22.8 Å². The van der Waals surface area contributed by atoms with Crippen molar-refractivity contribution < 1.29 is 19.6 Å². The van der Waals surface area contributed by atoms with E-state index in [-0.39, 0.29) is 10.6 Å². The van der Waals surface area contributed by atoms with E-state index in [0.29, 0.717) is 0 Å². The number of nitrogens with zero attached hydrogens (tertiary/aromatic N) is 2. The monoisotopic (exact) mass is 314 g/mol. The largest absolute Gasteiger partial charge is 0.867 e. The van der Waals surface area contributed by atoms with Crippen LogP contribution < -0.4 is 10.5 Å². The summed E-state index contributed by atoms with van der Waals surface area (Å²) in [6.45, 7) is 5.02. The number of nitrogens with one attached hydrogen (secondary N) is 1. The van der Waals surface area contributed by atoms with E-state index in [1.165, 1.54) is 6.07 Å². The minimum absolute atomic E-state index is 0.0139. The quantitative estimate of drug-likeness (QED) is 0.521. The van der Waals surface area contributed by atoms with Crippen LogP contribution in [-0.2, 0) is 4.74 Å². The molecule has 9 heteroatoms. The Bertz CT molecular complexity index is 595. The molecule has 1 aromatic rings. The Hall–Kier alpha value is -2.35. The summed E-state index contributed by atoms with van der Waals surface area (Å²) in [5.41, 5.74) is 0.558. The van der Waals surface area contributed by atoms with Gasteiger partial charge < -0.3 is 9.84 Å². The third-order valence-electron chi connectivity index (χ3n) is 2.02. The number of nitro groups is 1. The van der Waals surface area contributed by atoms with Gasteiger partial charge in [0.15, 0.2) is 0 Å². The first kappa shape index (κ1) is 16.7. The zero-order valence-electron chi connectivity index (χ0n) is 11.5. The molecule has 21 heavy (non-hydrogen) atoms. The minimum Gasteiger partial charge on any atom is -0.867 e. The maximum Gasteiger partial charge on any atom is 0.428 e. The van der Waals surface area contributed by atoms with Crippen LogP contribution in [0.2, 0.25) is 5.02 Å². The van der Waals surface area contributed by atoms with Crippen LogP contribution in [0.1, 0.15) is 26.3 Å². The van der Waals surface area contributed by atoms with Gasteiger partial charge >= 0.3 is 6.09 Å². The number of halogens is 1. The van der Waals surface area contributed by atoms with Crippen molar-refractivity contribution in [2.24, 2.45) is 5.10 Å². The fourth-order valence-electron chi connectivity index (χ4n) is 1.29. The molecule has 0 saturated carbocycles. The number of carbonyl (C=O) groups is 1. The fraction of sp³-hybridized carbons (Fsp3) is 0.333. The molecule has 1 amide bonds. The Balaban J connectivity index is 2.86. The number of carbonyl (C=O) groups excluding carboxylic acids is 1. The second-order valence-electron chi connectivity index (χ2n) is 4.97. The summed E-state index contributed by atoms with van der Waals surface area (Å²) in [5, 5.41) is 25.9. The van der Waals surface area contributed by atoms with E-state index in [1.807, 2.05) is 5.43 Å². The van der Waals surface area contributed by atoms with Crippen LogP contribution in [0.3, 0.4) is 0 Å². The second-order valence-corrected chi connectivity index (χ2v) is 5.41. The highest BCUT2D eigenvalue weighted by atomic mass is 35.5. The Labute approximate surface area is 125 Å². The number of nitro benzene ring substituents is 1. The van der Waals surface area contributed by atoms with E-state index >= 15 is 0 Å². The molecule has 0 aliphatic rings. The van der Waals surface area contributed by atoms with Gasteiger partial charge in [-0.25, -0.2) is 10.2 Å². The van der Waals surface area contributed by atoms with E-state index < -0.39 is 28.1 Å². The van der Waals surface area contributed by atoms with Crippen molar-refractivity contribution in [3.63, 3.8) is 0 Å². The van der Waals surface area contributed by atoms with E-state index in [9.17, 15) is 20.0 Å². The molecule has 8 nitrogen and oxygen atoms in total. The van der Waals surface area contributed by atoms with Crippen LogP contribution in [0, 0.1) is 10.1 Å². The molecule has 114 valence electrons. The predicted octanol–water partition coefficient (Wildman–Crippen LogP) is 2.18. The zero-order valence-corrected chi connectivity index (χ0v) is 12.3. The van der Waals surface area contributed by atoms with Crippen molar-refractivity contribution >= 4 is 29.6 Å². The van der Waals surface area contributed by atoms with Crippen molar-refractivity contribution in [1.29, 1.82) is 0 Å². The molecule has 0 atom stereocenters. The van der Waals surface area contributed by atoms with Crippen LogP contribution in [0.25, 0.3) is 0 Å². The first-order valence-electron chi connectivity index (χ1n) is 5.77. The lowest BCUT2D eigenvalue weighted by molar-refractivity contribution is -0.398. The Morgan fingerprint density at radius 3 is 2.62 bits per heavy atom. The summed E-state index contributed by atoms with van der Waals surface area (Å²) in [7, 11) is 0. The molecule has 1 aromatic carbocycles. The molecule has 0 aliphatic carbocycles. The number of hydrogen-bond acceptors (Lipinski definition) is 6. The Morgan fingerprint density at radius 1 is 1.48 bits per heavy atom. The third-order valence-corrected chi connectivity index (χ3v) is 2.24.